The Bertz CT molecular complexity index is 884. The van der Waals surface area contributed by atoms with Gasteiger partial charge >= 0.3 is 5.97 Å². The lowest BCUT2D eigenvalue weighted by molar-refractivity contribution is -0.148. The van der Waals surface area contributed by atoms with Crippen molar-refractivity contribution in [2.24, 2.45) is 11.8 Å². The maximum Gasteiger partial charge on any atom is 0.308 e. The Hall–Kier alpha value is -3.49. The second-order valence-electron chi connectivity index (χ2n) is 7.20. The van der Waals surface area contributed by atoms with Crippen molar-refractivity contribution in [1.29, 1.82) is 0 Å². The number of esters is 1. The fraction of sp³-hybridized carbons (Fsp3) is 0.381. The Morgan fingerprint density at radius 2 is 1.63 bits per heavy atom. The molecule has 158 valence electrons. The van der Waals surface area contributed by atoms with Gasteiger partial charge in [-0.2, -0.15) is 0 Å². The number of carbonyl (C=O) groups excluding carboxylic acids is 5. The van der Waals surface area contributed by atoms with Gasteiger partial charge in [-0.15, -0.1) is 0 Å². The fourth-order valence-corrected chi connectivity index (χ4v) is 3.59. The first-order chi connectivity index (χ1) is 14.3. The zero-order valence-corrected chi connectivity index (χ0v) is 16.6. The summed E-state index contributed by atoms with van der Waals surface area (Å²) in [7, 11) is 0. The van der Waals surface area contributed by atoms with Crippen molar-refractivity contribution in [1.82, 2.24) is 4.90 Å². The van der Waals surface area contributed by atoms with E-state index in [-0.39, 0.29) is 42.5 Å². The van der Waals surface area contributed by atoms with Gasteiger partial charge in [0.05, 0.1) is 18.3 Å². The van der Waals surface area contributed by atoms with Gasteiger partial charge in [-0.05, 0) is 31.0 Å². The average molecular weight is 413 g/mol. The van der Waals surface area contributed by atoms with Crippen molar-refractivity contribution in [2.45, 2.75) is 26.2 Å². The highest BCUT2D eigenvalue weighted by Crippen LogP contribution is 2.35. The Kier molecular flexibility index (Phi) is 6.61. The fourth-order valence-electron chi connectivity index (χ4n) is 3.59. The Balaban J connectivity index is 1.43. The van der Waals surface area contributed by atoms with Crippen molar-refractivity contribution in [3.05, 3.63) is 36.4 Å². The molecular formula is C21H23N3O6. The van der Waals surface area contributed by atoms with Crippen LogP contribution in [0.3, 0.4) is 0 Å². The van der Waals surface area contributed by atoms with Gasteiger partial charge in [-0.1, -0.05) is 18.2 Å². The largest absolute Gasteiger partial charge is 0.456 e. The number of hydrogen-bond acceptors (Lipinski definition) is 6. The highest BCUT2D eigenvalue weighted by molar-refractivity contribution is 6.05. The zero-order valence-electron chi connectivity index (χ0n) is 16.6. The van der Waals surface area contributed by atoms with Crippen molar-refractivity contribution in [3.63, 3.8) is 0 Å². The highest BCUT2D eigenvalue weighted by atomic mass is 16.5. The van der Waals surface area contributed by atoms with Crippen LogP contribution in [0.1, 0.15) is 26.2 Å². The van der Waals surface area contributed by atoms with Crippen LogP contribution < -0.4 is 10.6 Å². The smallest absolute Gasteiger partial charge is 0.308 e. The van der Waals surface area contributed by atoms with Crippen molar-refractivity contribution < 1.29 is 28.7 Å². The molecule has 2 atom stereocenters. The van der Waals surface area contributed by atoms with E-state index >= 15 is 0 Å². The quantitative estimate of drug-likeness (QED) is 0.397. The standard InChI is InChI=1S/C21H23N3O6/c1-13(25)22-14-5-4-6-15(11-14)23-18(26)12-30-19(27)9-10-24-20(28)16-7-2-3-8-17(16)21(24)29/h2-6,11,16-17H,7-10,12H2,1H3,(H,22,25)(H,23,26)/t16-,17+. The van der Waals surface area contributed by atoms with E-state index in [0.29, 0.717) is 24.2 Å². The Labute approximate surface area is 173 Å². The molecule has 9 heteroatoms. The van der Waals surface area contributed by atoms with Crippen LogP contribution in [0.15, 0.2) is 36.4 Å². The summed E-state index contributed by atoms with van der Waals surface area (Å²) in [6, 6.07) is 6.53. The predicted molar refractivity (Wildman–Crippen MR) is 107 cm³/mol. The number of fused-ring (bicyclic) bond motifs is 1. The normalized spacial score (nSPS) is 20.0. The molecule has 0 saturated carbocycles. The third-order valence-corrected chi connectivity index (χ3v) is 4.97. The third kappa shape index (κ3) is 5.11. The molecule has 1 aliphatic carbocycles. The van der Waals surface area contributed by atoms with Gasteiger partial charge in [-0.25, -0.2) is 0 Å². The number of hydrogen-bond donors (Lipinski definition) is 2. The van der Waals surface area contributed by atoms with Crippen LogP contribution in [0, 0.1) is 11.8 Å². The number of ether oxygens (including phenoxy) is 1. The van der Waals surface area contributed by atoms with E-state index in [4.69, 9.17) is 4.74 Å². The molecule has 0 aromatic heterocycles. The van der Waals surface area contributed by atoms with E-state index in [0.717, 1.165) is 4.90 Å². The van der Waals surface area contributed by atoms with Crippen LogP contribution >= 0.6 is 0 Å². The van der Waals surface area contributed by atoms with Crippen LogP contribution in [0.5, 0.6) is 0 Å². The van der Waals surface area contributed by atoms with E-state index in [9.17, 15) is 24.0 Å². The molecule has 2 aliphatic rings. The molecule has 1 aromatic carbocycles. The summed E-state index contributed by atoms with van der Waals surface area (Å²) in [6.07, 6.45) is 4.71. The van der Waals surface area contributed by atoms with Gasteiger partial charge in [0.1, 0.15) is 0 Å². The molecule has 9 nitrogen and oxygen atoms in total. The molecular weight excluding hydrogens is 390 g/mol. The third-order valence-electron chi connectivity index (χ3n) is 4.97. The predicted octanol–water partition coefficient (Wildman–Crippen LogP) is 1.47. The molecule has 1 saturated heterocycles. The number of benzene rings is 1. The van der Waals surface area contributed by atoms with Crippen molar-refractivity contribution in [2.75, 3.05) is 23.8 Å². The van der Waals surface area contributed by atoms with E-state index in [2.05, 4.69) is 10.6 Å². The maximum atomic E-state index is 12.4. The minimum absolute atomic E-state index is 0.0517. The monoisotopic (exact) mass is 413 g/mol. The second-order valence-corrected chi connectivity index (χ2v) is 7.20. The summed E-state index contributed by atoms with van der Waals surface area (Å²) < 4.78 is 4.94. The first kappa shape index (κ1) is 21.2. The number of imide groups is 1. The summed E-state index contributed by atoms with van der Waals surface area (Å²) >= 11 is 0. The summed E-state index contributed by atoms with van der Waals surface area (Å²) in [5.41, 5.74) is 0.958. The lowest BCUT2D eigenvalue weighted by atomic mass is 9.85. The molecule has 0 unspecified atom stereocenters. The molecule has 0 spiro atoms. The first-order valence-corrected chi connectivity index (χ1v) is 9.68. The summed E-state index contributed by atoms with van der Waals surface area (Å²) in [5.74, 6) is -2.63. The van der Waals surface area contributed by atoms with Gasteiger partial charge in [0.15, 0.2) is 6.61 Å². The SMILES string of the molecule is CC(=O)Nc1cccc(NC(=O)COC(=O)CCN2C(=O)[C@H]3CC=CC[C@H]3C2=O)c1. The molecule has 4 amide bonds. The van der Waals surface area contributed by atoms with E-state index in [1.807, 2.05) is 12.2 Å². The van der Waals surface area contributed by atoms with Gasteiger partial charge < -0.3 is 15.4 Å². The average Bonchev–Trinajstić information content (AvgIpc) is 2.95. The van der Waals surface area contributed by atoms with Crippen molar-refractivity contribution in [3.8, 4) is 0 Å². The van der Waals surface area contributed by atoms with Crippen LogP contribution in [0.4, 0.5) is 11.4 Å². The summed E-state index contributed by atoms with van der Waals surface area (Å²) in [4.78, 5) is 60.9. The number of carbonyl (C=O) groups is 5. The molecule has 30 heavy (non-hydrogen) atoms. The molecule has 3 rings (SSSR count). The van der Waals surface area contributed by atoms with Crippen LogP contribution in [0.2, 0.25) is 0 Å². The Morgan fingerprint density at radius 1 is 1.03 bits per heavy atom. The Morgan fingerprint density at radius 3 is 2.23 bits per heavy atom. The number of amides is 4. The molecule has 1 aromatic rings. The zero-order chi connectivity index (χ0) is 21.7. The molecule has 2 N–H and O–H groups in total. The van der Waals surface area contributed by atoms with Crippen LogP contribution in [0.25, 0.3) is 0 Å². The molecule has 1 heterocycles. The summed E-state index contributed by atoms with van der Waals surface area (Å²) in [5, 5.41) is 5.16. The van der Waals surface area contributed by atoms with E-state index < -0.39 is 18.5 Å². The van der Waals surface area contributed by atoms with Crippen LogP contribution in [-0.2, 0) is 28.7 Å². The van der Waals surface area contributed by atoms with Crippen molar-refractivity contribution >= 4 is 41.0 Å². The number of likely N-dealkylation sites (tertiary alicyclic amines) is 1. The van der Waals surface area contributed by atoms with Gasteiger partial charge in [-0.3, -0.25) is 28.9 Å². The number of anilines is 2. The van der Waals surface area contributed by atoms with E-state index in [1.54, 1.807) is 24.3 Å². The first-order valence-electron chi connectivity index (χ1n) is 9.68. The number of nitrogens with one attached hydrogen (secondary N) is 2. The molecule has 0 radical (unpaired) electrons. The number of allylic oxidation sites excluding steroid dienone is 2. The topological polar surface area (TPSA) is 122 Å². The number of nitrogens with zero attached hydrogens (tertiary/aromatic N) is 1. The van der Waals surface area contributed by atoms with Gasteiger partial charge in [0.25, 0.3) is 5.91 Å². The van der Waals surface area contributed by atoms with E-state index in [1.165, 1.54) is 6.92 Å². The molecule has 1 fully saturated rings. The summed E-state index contributed by atoms with van der Waals surface area (Å²) in [6.45, 7) is 0.822. The van der Waals surface area contributed by atoms with Gasteiger partial charge in [0.2, 0.25) is 17.7 Å². The van der Waals surface area contributed by atoms with Crippen LogP contribution in [-0.4, -0.2) is 47.6 Å². The second kappa shape index (κ2) is 9.34. The molecule has 0 bridgehead atoms. The van der Waals surface area contributed by atoms with Gasteiger partial charge in [0, 0.05) is 24.8 Å². The highest BCUT2D eigenvalue weighted by Gasteiger charge is 2.46. The lowest BCUT2D eigenvalue weighted by Crippen LogP contribution is -2.33. The minimum atomic E-state index is -0.675. The minimum Gasteiger partial charge on any atom is -0.456 e. The number of rotatable bonds is 7. The lowest BCUT2D eigenvalue weighted by Gasteiger charge is -2.14. The maximum absolute atomic E-state index is 12.4. The molecule has 1 aliphatic heterocycles.